The zero-order valence-corrected chi connectivity index (χ0v) is 20.3. The van der Waals surface area contributed by atoms with E-state index in [1.807, 2.05) is 38.1 Å². The molecule has 1 aliphatic heterocycles. The lowest BCUT2D eigenvalue weighted by molar-refractivity contribution is 0.0280. The Balaban J connectivity index is 1.45. The van der Waals surface area contributed by atoms with Gasteiger partial charge in [-0.3, -0.25) is 14.4 Å². The van der Waals surface area contributed by atoms with Crippen LogP contribution in [0.15, 0.2) is 97.1 Å². The lowest BCUT2D eigenvalue weighted by Gasteiger charge is -2.18. The van der Waals surface area contributed by atoms with Gasteiger partial charge >= 0.3 is 5.97 Å². The summed E-state index contributed by atoms with van der Waals surface area (Å²) in [5, 5.41) is 0. The van der Waals surface area contributed by atoms with Gasteiger partial charge in [-0.25, -0.2) is 9.69 Å². The van der Waals surface area contributed by atoms with E-state index in [1.165, 1.54) is 18.2 Å². The summed E-state index contributed by atoms with van der Waals surface area (Å²) in [6.07, 6.45) is -1.18. The standard InChI is InChI=1S/C31H23NO5/c1-19-11-13-21(14-12-19)27(33)28(22-8-4-3-5-9-22)37-31(36)23-15-16-25-26(18-23)30(35)32(29(25)34)24-10-6-7-20(2)17-24/h3-18,28H,1-2H3/t28-/m1/s1. The molecule has 2 amide bonds. The first kappa shape index (κ1) is 23.9. The van der Waals surface area contributed by atoms with Crippen molar-refractivity contribution in [2.24, 2.45) is 0 Å². The van der Waals surface area contributed by atoms with E-state index in [0.717, 1.165) is 16.0 Å². The fourth-order valence-electron chi connectivity index (χ4n) is 4.31. The van der Waals surface area contributed by atoms with Gasteiger partial charge in [-0.2, -0.15) is 0 Å². The van der Waals surface area contributed by atoms with Gasteiger partial charge in [-0.05, 0) is 49.7 Å². The highest BCUT2D eigenvalue weighted by atomic mass is 16.5. The molecule has 37 heavy (non-hydrogen) atoms. The van der Waals surface area contributed by atoms with Crippen molar-refractivity contribution in [2.45, 2.75) is 20.0 Å². The maximum Gasteiger partial charge on any atom is 0.339 e. The third kappa shape index (κ3) is 4.57. The summed E-state index contributed by atoms with van der Waals surface area (Å²) in [6.45, 7) is 3.79. The monoisotopic (exact) mass is 489 g/mol. The third-order valence-corrected chi connectivity index (χ3v) is 6.28. The zero-order chi connectivity index (χ0) is 26.1. The van der Waals surface area contributed by atoms with E-state index in [4.69, 9.17) is 4.74 Å². The summed E-state index contributed by atoms with van der Waals surface area (Å²) in [5.74, 6) is -2.11. The zero-order valence-electron chi connectivity index (χ0n) is 20.3. The van der Waals surface area contributed by atoms with Crippen LogP contribution in [-0.4, -0.2) is 23.6 Å². The highest BCUT2D eigenvalue weighted by Crippen LogP contribution is 2.31. The first-order chi connectivity index (χ1) is 17.8. The molecule has 0 fully saturated rings. The number of fused-ring (bicyclic) bond motifs is 1. The minimum atomic E-state index is -1.18. The fourth-order valence-corrected chi connectivity index (χ4v) is 4.31. The summed E-state index contributed by atoms with van der Waals surface area (Å²) in [6, 6.07) is 27.1. The van der Waals surface area contributed by atoms with Gasteiger partial charge in [-0.1, -0.05) is 72.3 Å². The van der Waals surface area contributed by atoms with Crippen LogP contribution in [0.5, 0.6) is 0 Å². The number of carbonyl (C=O) groups excluding carboxylic acids is 4. The number of imide groups is 1. The van der Waals surface area contributed by atoms with Crippen LogP contribution < -0.4 is 4.90 Å². The molecule has 0 aliphatic carbocycles. The predicted octanol–water partition coefficient (Wildman–Crippen LogP) is 5.89. The number of ether oxygens (including phenoxy) is 1. The number of amides is 2. The SMILES string of the molecule is Cc1ccc(C(=O)[C@H](OC(=O)c2ccc3c(c2)C(=O)N(c2cccc(C)c2)C3=O)c2ccccc2)cc1. The Hall–Kier alpha value is -4.84. The van der Waals surface area contributed by atoms with Crippen molar-refractivity contribution in [3.05, 3.63) is 136 Å². The largest absolute Gasteiger partial charge is 0.445 e. The Bertz CT molecular complexity index is 1540. The van der Waals surface area contributed by atoms with Gasteiger partial charge in [0.05, 0.1) is 22.4 Å². The maximum absolute atomic E-state index is 13.4. The van der Waals surface area contributed by atoms with Crippen LogP contribution in [0.2, 0.25) is 0 Å². The van der Waals surface area contributed by atoms with Gasteiger partial charge in [0.1, 0.15) is 0 Å². The van der Waals surface area contributed by atoms with E-state index in [-0.39, 0.29) is 22.5 Å². The van der Waals surface area contributed by atoms with Gasteiger partial charge < -0.3 is 4.74 Å². The van der Waals surface area contributed by atoms with E-state index in [1.54, 1.807) is 54.6 Å². The average molecular weight is 490 g/mol. The number of anilines is 1. The summed E-state index contributed by atoms with van der Waals surface area (Å²) in [7, 11) is 0. The topological polar surface area (TPSA) is 80.8 Å². The van der Waals surface area contributed by atoms with Gasteiger partial charge in [-0.15, -0.1) is 0 Å². The van der Waals surface area contributed by atoms with E-state index in [0.29, 0.717) is 16.8 Å². The molecule has 4 aromatic carbocycles. The number of hydrogen-bond acceptors (Lipinski definition) is 5. The Morgan fingerprint density at radius 2 is 1.35 bits per heavy atom. The number of nitrogens with zero attached hydrogens (tertiary/aromatic N) is 1. The summed E-state index contributed by atoms with van der Waals surface area (Å²) >= 11 is 0. The van der Waals surface area contributed by atoms with Crippen molar-refractivity contribution in [1.29, 1.82) is 0 Å². The summed E-state index contributed by atoms with van der Waals surface area (Å²) < 4.78 is 5.72. The molecule has 0 saturated carbocycles. The van der Waals surface area contributed by atoms with E-state index in [2.05, 4.69) is 0 Å². The van der Waals surface area contributed by atoms with E-state index in [9.17, 15) is 19.2 Å². The number of rotatable bonds is 6. The molecule has 182 valence electrons. The first-order valence-electron chi connectivity index (χ1n) is 11.8. The Morgan fingerprint density at radius 1 is 0.676 bits per heavy atom. The molecule has 0 radical (unpaired) electrons. The van der Waals surface area contributed by atoms with Crippen LogP contribution in [-0.2, 0) is 4.74 Å². The molecule has 0 unspecified atom stereocenters. The smallest absolute Gasteiger partial charge is 0.339 e. The number of carbonyl (C=O) groups is 4. The van der Waals surface area contributed by atoms with Gasteiger partial charge in [0.15, 0.2) is 6.10 Å². The second kappa shape index (κ2) is 9.66. The molecular weight excluding hydrogens is 466 g/mol. The second-order valence-corrected chi connectivity index (χ2v) is 8.97. The number of ketones is 1. The summed E-state index contributed by atoms with van der Waals surface area (Å²) in [4.78, 5) is 53.8. The molecule has 5 rings (SSSR count). The van der Waals surface area contributed by atoms with Crippen molar-refractivity contribution in [3.8, 4) is 0 Å². The first-order valence-corrected chi connectivity index (χ1v) is 11.8. The van der Waals surface area contributed by atoms with Crippen LogP contribution in [0, 0.1) is 13.8 Å². The second-order valence-electron chi connectivity index (χ2n) is 8.97. The minimum absolute atomic E-state index is 0.0728. The normalized spacial score (nSPS) is 13.3. The third-order valence-electron chi connectivity index (χ3n) is 6.28. The number of Topliss-reactive ketones (excluding diaryl/α,β-unsaturated/α-hetero) is 1. The molecule has 1 aliphatic rings. The number of hydrogen-bond donors (Lipinski definition) is 0. The van der Waals surface area contributed by atoms with Gasteiger partial charge in [0.2, 0.25) is 5.78 Å². The predicted molar refractivity (Wildman–Crippen MR) is 139 cm³/mol. The van der Waals surface area contributed by atoms with Crippen LogP contribution in [0.25, 0.3) is 0 Å². The van der Waals surface area contributed by atoms with Crippen molar-refractivity contribution in [3.63, 3.8) is 0 Å². The molecule has 0 N–H and O–H groups in total. The molecule has 0 saturated heterocycles. The van der Waals surface area contributed by atoms with Crippen molar-refractivity contribution < 1.29 is 23.9 Å². The van der Waals surface area contributed by atoms with Gasteiger partial charge in [0.25, 0.3) is 11.8 Å². The Morgan fingerprint density at radius 3 is 2.05 bits per heavy atom. The number of aryl methyl sites for hydroxylation is 2. The lowest BCUT2D eigenvalue weighted by Crippen LogP contribution is -2.29. The lowest BCUT2D eigenvalue weighted by atomic mass is 9.99. The average Bonchev–Trinajstić information content (AvgIpc) is 3.16. The van der Waals surface area contributed by atoms with Crippen LogP contribution in [0.1, 0.15) is 64.2 Å². The van der Waals surface area contributed by atoms with Crippen LogP contribution in [0.3, 0.4) is 0 Å². The quantitative estimate of drug-likeness (QED) is 0.192. The molecular formula is C31H23NO5. The molecule has 1 atom stereocenters. The Labute approximate surface area is 214 Å². The molecule has 6 heteroatoms. The van der Waals surface area contributed by atoms with E-state index < -0.39 is 23.9 Å². The van der Waals surface area contributed by atoms with Crippen molar-refractivity contribution in [1.82, 2.24) is 0 Å². The molecule has 1 heterocycles. The maximum atomic E-state index is 13.4. The van der Waals surface area contributed by atoms with E-state index >= 15 is 0 Å². The minimum Gasteiger partial charge on any atom is -0.445 e. The van der Waals surface area contributed by atoms with Crippen LogP contribution in [0.4, 0.5) is 5.69 Å². The molecule has 0 aromatic heterocycles. The van der Waals surface area contributed by atoms with Crippen molar-refractivity contribution >= 4 is 29.3 Å². The molecule has 6 nitrogen and oxygen atoms in total. The highest BCUT2D eigenvalue weighted by molar-refractivity contribution is 6.34. The highest BCUT2D eigenvalue weighted by Gasteiger charge is 2.37. The van der Waals surface area contributed by atoms with Gasteiger partial charge in [0, 0.05) is 11.1 Å². The van der Waals surface area contributed by atoms with Crippen molar-refractivity contribution in [2.75, 3.05) is 4.90 Å². The van der Waals surface area contributed by atoms with Crippen LogP contribution >= 0.6 is 0 Å². The molecule has 4 aromatic rings. The summed E-state index contributed by atoms with van der Waals surface area (Å²) in [5.41, 5.74) is 3.70. The number of esters is 1. The fraction of sp³-hybridized carbons (Fsp3) is 0.0968. The Kier molecular flexibility index (Phi) is 6.24. The molecule has 0 spiro atoms. The molecule has 0 bridgehead atoms. The number of benzene rings is 4.